The molecule has 0 bridgehead atoms. The minimum Gasteiger partial charge on any atom is -0.457 e. The number of nitrogens with zero attached hydrogens (tertiary/aromatic N) is 1. The molecule has 1 aromatic heterocycles. The average Bonchev–Trinajstić information content (AvgIpc) is 3.18. The highest BCUT2D eigenvalue weighted by Gasteiger charge is 2.12. The number of carbonyl (C=O) groups is 1. The van der Waals surface area contributed by atoms with Crippen LogP contribution in [0.1, 0.15) is 5.76 Å². The molecule has 0 saturated heterocycles. The highest BCUT2D eigenvalue weighted by atomic mass is 79.9. The molecular formula is C20H12BrCl2N3O4S. The van der Waals surface area contributed by atoms with Crippen LogP contribution in [0.2, 0.25) is 10.0 Å². The van der Waals surface area contributed by atoms with Crippen LogP contribution in [0.15, 0.2) is 63.5 Å². The summed E-state index contributed by atoms with van der Waals surface area (Å²) >= 11 is 20.5. The lowest BCUT2D eigenvalue weighted by Gasteiger charge is -2.09. The molecule has 11 heteroatoms. The first-order chi connectivity index (χ1) is 14.7. The largest absolute Gasteiger partial charge is 0.457 e. The molecule has 0 aliphatic rings. The van der Waals surface area contributed by atoms with Gasteiger partial charge in [-0.1, -0.05) is 29.3 Å². The Kier molecular flexibility index (Phi) is 7.45. The maximum Gasteiger partial charge on any atom is 0.270 e. The average molecular weight is 541 g/mol. The smallest absolute Gasteiger partial charge is 0.270 e. The van der Waals surface area contributed by atoms with Crippen molar-refractivity contribution in [3.8, 4) is 11.3 Å². The van der Waals surface area contributed by atoms with Crippen LogP contribution in [0.5, 0.6) is 0 Å². The van der Waals surface area contributed by atoms with Crippen LogP contribution >= 0.6 is 51.3 Å². The maximum atomic E-state index is 12.1. The number of carbonyl (C=O) groups excluding carboxylic acids is 1. The van der Waals surface area contributed by atoms with Gasteiger partial charge in [-0.05, 0) is 64.6 Å². The van der Waals surface area contributed by atoms with Gasteiger partial charge in [0.25, 0.3) is 5.69 Å². The number of nitro benzene ring substituents is 1. The molecule has 1 amide bonds. The summed E-state index contributed by atoms with van der Waals surface area (Å²) in [5, 5.41) is 16.9. The van der Waals surface area contributed by atoms with Crippen LogP contribution in [-0.4, -0.2) is 15.9 Å². The normalized spacial score (nSPS) is 10.8. The minimum atomic E-state index is -0.514. The van der Waals surface area contributed by atoms with E-state index in [0.717, 1.165) is 0 Å². The Balaban J connectivity index is 1.61. The molecule has 7 nitrogen and oxygen atoms in total. The van der Waals surface area contributed by atoms with Gasteiger partial charge in [0.2, 0.25) is 5.91 Å². The van der Waals surface area contributed by atoms with Crippen LogP contribution in [0.3, 0.4) is 0 Å². The van der Waals surface area contributed by atoms with E-state index in [-0.39, 0.29) is 10.8 Å². The van der Waals surface area contributed by atoms with Crippen molar-refractivity contribution in [1.29, 1.82) is 0 Å². The lowest BCUT2D eigenvalue weighted by atomic mass is 10.2. The van der Waals surface area contributed by atoms with E-state index in [4.69, 9.17) is 39.8 Å². The molecule has 0 radical (unpaired) electrons. The molecule has 3 aromatic rings. The molecule has 0 atom stereocenters. The molecule has 2 aromatic carbocycles. The molecule has 1 heterocycles. The van der Waals surface area contributed by atoms with E-state index in [1.165, 1.54) is 30.4 Å². The third-order valence-corrected chi connectivity index (χ3v) is 5.57. The van der Waals surface area contributed by atoms with Gasteiger partial charge < -0.3 is 9.73 Å². The number of nitrogens with one attached hydrogen (secondary N) is 2. The predicted molar refractivity (Wildman–Crippen MR) is 128 cm³/mol. The second kappa shape index (κ2) is 10.1. The van der Waals surface area contributed by atoms with Gasteiger partial charge in [0.05, 0.1) is 20.7 Å². The first-order valence-corrected chi connectivity index (χ1v) is 10.5. The molecule has 0 saturated carbocycles. The van der Waals surface area contributed by atoms with Gasteiger partial charge >= 0.3 is 0 Å². The number of hydrogen-bond acceptors (Lipinski definition) is 5. The second-order valence-corrected chi connectivity index (χ2v) is 8.05. The number of nitro groups is 1. The number of halogens is 3. The van der Waals surface area contributed by atoms with Crippen LogP contribution < -0.4 is 10.6 Å². The third kappa shape index (κ3) is 5.92. The van der Waals surface area contributed by atoms with E-state index in [1.807, 2.05) is 0 Å². The van der Waals surface area contributed by atoms with Crippen LogP contribution in [0, 0.1) is 10.1 Å². The standard InChI is InChI=1S/C20H12BrCl2N3O4S/c21-14-10-11(26(28)29)4-7-16(14)24-20(31)25-18(27)9-6-12-5-8-17(30-12)13-2-1-3-15(22)19(13)23/h1-10H,(H2,24,25,27,31). The summed E-state index contributed by atoms with van der Waals surface area (Å²) in [6.45, 7) is 0. The summed E-state index contributed by atoms with van der Waals surface area (Å²) in [6, 6.07) is 12.7. The van der Waals surface area contributed by atoms with E-state index in [9.17, 15) is 14.9 Å². The summed E-state index contributed by atoms with van der Waals surface area (Å²) in [4.78, 5) is 22.4. The lowest BCUT2D eigenvalue weighted by molar-refractivity contribution is -0.384. The van der Waals surface area contributed by atoms with Gasteiger partial charge in [-0.15, -0.1) is 0 Å². The molecular weight excluding hydrogens is 529 g/mol. The summed E-state index contributed by atoms with van der Waals surface area (Å²) in [5.74, 6) is 0.445. The van der Waals surface area contributed by atoms with E-state index in [2.05, 4.69) is 26.6 Å². The Morgan fingerprint density at radius 3 is 2.68 bits per heavy atom. The Morgan fingerprint density at radius 2 is 1.97 bits per heavy atom. The van der Waals surface area contributed by atoms with Gasteiger partial charge in [-0.25, -0.2) is 0 Å². The highest BCUT2D eigenvalue weighted by molar-refractivity contribution is 9.10. The number of anilines is 1. The highest BCUT2D eigenvalue weighted by Crippen LogP contribution is 2.34. The van der Waals surface area contributed by atoms with E-state index in [1.54, 1.807) is 30.3 Å². The molecule has 31 heavy (non-hydrogen) atoms. The summed E-state index contributed by atoms with van der Waals surface area (Å²) in [7, 11) is 0. The maximum absolute atomic E-state index is 12.1. The predicted octanol–water partition coefficient (Wildman–Crippen LogP) is 6.45. The molecule has 0 spiro atoms. The van der Waals surface area contributed by atoms with Crippen molar-refractivity contribution >= 4 is 79.8 Å². The van der Waals surface area contributed by atoms with Gasteiger partial charge in [0.15, 0.2) is 5.11 Å². The first-order valence-electron chi connectivity index (χ1n) is 8.53. The van der Waals surface area contributed by atoms with Gasteiger partial charge in [0, 0.05) is 28.2 Å². The van der Waals surface area contributed by atoms with E-state index < -0.39 is 10.8 Å². The molecule has 2 N–H and O–H groups in total. The fraction of sp³-hybridized carbons (Fsp3) is 0. The molecule has 3 rings (SSSR count). The van der Waals surface area contributed by atoms with Crippen molar-refractivity contribution in [2.75, 3.05) is 5.32 Å². The van der Waals surface area contributed by atoms with Crippen molar-refractivity contribution in [2.24, 2.45) is 0 Å². The summed E-state index contributed by atoms with van der Waals surface area (Å²) in [6.07, 6.45) is 2.72. The van der Waals surface area contributed by atoms with Gasteiger partial charge in [-0.3, -0.25) is 20.2 Å². The van der Waals surface area contributed by atoms with Crippen molar-refractivity contribution in [3.05, 3.63) is 85.0 Å². The first kappa shape index (κ1) is 23.0. The Labute approximate surface area is 200 Å². The number of thiocarbonyl (C=S) groups is 1. The van der Waals surface area contributed by atoms with Crippen molar-refractivity contribution in [1.82, 2.24) is 5.32 Å². The number of amides is 1. The SMILES string of the molecule is O=C(C=Cc1ccc(-c2cccc(Cl)c2Cl)o1)NC(=S)Nc1ccc([N+](=O)[O-])cc1Br. The lowest BCUT2D eigenvalue weighted by Crippen LogP contribution is -2.32. The topological polar surface area (TPSA) is 97.4 Å². The van der Waals surface area contributed by atoms with Crippen LogP contribution in [-0.2, 0) is 4.79 Å². The van der Waals surface area contributed by atoms with Crippen molar-refractivity contribution in [2.45, 2.75) is 0 Å². The minimum absolute atomic E-state index is 0.0232. The second-order valence-electron chi connectivity index (χ2n) is 6.00. The number of rotatable bonds is 5. The van der Waals surface area contributed by atoms with E-state index >= 15 is 0 Å². The Hall–Kier alpha value is -2.72. The molecule has 0 unspecified atom stereocenters. The zero-order chi connectivity index (χ0) is 22.5. The monoisotopic (exact) mass is 539 g/mol. The third-order valence-electron chi connectivity index (χ3n) is 3.89. The number of benzene rings is 2. The number of non-ortho nitro benzene ring substituents is 1. The van der Waals surface area contributed by atoms with Gasteiger partial charge in [0.1, 0.15) is 11.5 Å². The van der Waals surface area contributed by atoms with Crippen LogP contribution in [0.25, 0.3) is 17.4 Å². The molecule has 158 valence electrons. The quantitative estimate of drug-likeness (QED) is 0.167. The van der Waals surface area contributed by atoms with Crippen LogP contribution in [0.4, 0.5) is 11.4 Å². The Bertz CT molecular complexity index is 1210. The molecule has 0 aliphatic carbocycles. The molecule has 0 aliphatic heterocycles. The van der Waals surface area contributed by atoms with Crippen molar-refractivity contribution < 1.29 is 14.1 Å². The fourth-order valence-electron chi connectivity index (χ4n) is 2.47. The fourth-order valence-corrected chi connectivity index (χ4v) is 3.54. The zero-order valence-electron chi connectivity index (χ0n) is 15.4. The number of hydrogen-bond donors (Lipinski definition) is 2. The summed E-state index contributed by atoms with van der Waals surface area (Å²) in [5.41, 5.74) is 1.03. The summed E-state index contributed by atoms with van der Waals surface area (Å²) < 4.78 is 6.11. The Morgan fingerprint density at radius 1 is 1.19 bits per heavy atom. The van der Waals surface area contributed by atoms with E-state index in [0.29, 0.717) is 37.3 Å². The number of furan rings is 1. The molecule has 0 fully saturated rings. The van der Waals surface area contributed by atoms with Crippen molar-refractivity contribution in [3.63, 3.8) is 0 Å². The zero-order valence-corrected chi connectivity index (χ0v) is 19.3. The van der Waals surface area contributed by atoms with Gasteiger partial charge in [-0.2, -0.15) is 0 Å².